The van der Waals surface area contributed by atoms with Crippen LogP contribution in [0.4, 0.5) is 0 Å². The minimum atomic E-state index is -0.979. The van der Waals surface area contributed by atoms with Gasteiger partial charge in [-0.1, -0.05) is 11.6 Å². The van der Waals surface area contributed by atoms with Crippen molar-refractivity contribution in [1.82, 2.24) is 4.98 Å². The Kier molecular flexibility index (Phi) is 4.30. The number of aromatic nitrogens is 1. The van der Waals surface area contributed by atoms with Crippen LogP contribution in [0.1, 0.15) is 16.1 Å². The van der Waals surface area contributed by atoms with E-state index in [-0.39, 0.29) is 0 Å². The first-order valence-electron chi connectivity index (χ1n) is 5.68. The van der Waals surface area contributed by atoms with Gasteiger partial charge in [0.05, 0.1) is 0 Å². The zero-order chi connectivity index (χ0) is 13.7. The van der Waals surface area contributed by atoms with Gasteiger partial charge in [0.2, 0.25) is 0 Å². The number of ether oxygens (including phenoxy) is 1. The Labute approximate surface area is 115 Å². The van der Waals surface area contributed by atoms with E-state index in [0.717, 1.165) is 22.2 Å². The molecule has 2 aromatic rings. The summed E-state index contributed by atoms with van der Waals surface area (Å²) in [6.45, 7) is 2.33. The number of hydrogen-bond acceptors (Lipinski definition) is 4. The maximum Gasteiger partial charge on any atom is 0.328 e. The molecule has 0 saturated heterocycles. The summed E-state index contributed by atoms with van der Waals surface area (Å²) in [7, 11) is 0. The Morgan fingerprint density at radius 1 is 1.53 bits per heavy atom. The van der Waals surface area contributed by atoms with E-state index in [1.807, 2.05) is 30.5 Å². The quantitative estimate of drug-likeness (QED) is 0.852. The molecule has 1 aromatic carbocycles. The molecule has 2 rings (SSSR count). The second-order valence-electron chi connectivity index (χ2n) is 3.93. The molecule has 0 saturated carbocycles. The number of aliphatic carboxylic acids is 1. The number of thiazole rings is 1. The average molecular weight is 275 g/mol. The predicted octanol–water partition coefficient (Wildman–Crippen LogP) is 3.13. The lowest BCUT2D eigenvalue weighted by atomic mass is 10.1. The SMILES string of the molecule is Cc1ccc(OCc2nccs2)c(C=CC(=O)O)c1. The Balaban J connectivity index is 2.16. The summed E-state index contributed by atoms with van der Waals surface area (Å²) in [5.41, 5.74) is 1.80. The van der Waals surface area contributed by atoms with Gasteiger partial charge in [0.1, 0.15) is 17.4 Å². The maximum absolute atomic E-state index is 10.6. The lowest BCUT2D eigenvalue weighted by Gasteiger charge is -2.08. The zero-order valence-corrected chi connectivity index (χ0v) is 11.2. The van der Waals surface area contributed by atoms with E-state index in [9.17, 15) is 4.79 Å². The van der Waals surface area contributed by atoms with Gasteiger partial charge in [-0.3, -0.25) is 0 Å². The number of benzene rings is 1. The van der Waals surface area contributed by atoms with E-state index in [0.29, 0.717) is 12.4 Å². The minimum absolute atomic E-state index is 0.384. The minimum Gasteiger partial charge on any atom is -0.486 e. The molecule has 0 amide bonds. The Morgan fingerprint density at radius 3 is 3.05 bits per heavy atom. The largest absolute Gasteiger partial charge is 0.486 e. The molecular formula is C14H13NO3S. The van der Waals surface area contributed by atoms with Crippen molar-refractivity contribution in [2.75, 3.05) is 0 Å². The summed E-state index contributed by atoms with van der Waals surface area (Å²) in [6, 6.07) is 5.65. The summed E-state index contributed by atoms with van der Waals surface area (Å²) in [5.74, 6) is -0.328. The topological polar surface area (TPSA) is 59.4 Å². The average Bonchev–Trinajstić information content (AvgIpc) is 2.88. The third kappa shape index (κ3) is 3.93. The Hall–Kier alpha value is -2.14. The lowest BCUT2D eigenvalue weighted by molar-refractivity contribution is -0.131. The molecule has 0 aliphatic carbocycles. The van der Waals surface area contributed by atoms with Crippen LogP contribution in [-0.2, 0) is 11.4 Å². The van der Waals surface area contributed by atoms with Gasteiger partial charge in [0.25, 0.3) is 0 Å². The van der Waals surface area contributed by atoms with E-state index in [1.54, 1.807) is 6.20 Å². The monoisotopic (exact) mass is 275 g/mol. The van der Waals surface area contributed by atoms with Crippen LogP contribution in [0.5, 0.6) is 5.75 Å². The van der Waals surface area contributed by atoms with Crippen molar-refractivity contribution in [3.05, 3.63) is 52.0 Å². The van der Waals surface area contributed by atoms with E-state index in [2.05, 4.69) is 4.98 Å². The summed E-state index contributed by atoms with van der Waals surface area (Å²) in [4.78, 5) is 14.7. The number of nitrogens with zero attached hydrogens (tertiary/aromatic N) is 1. The van der Waals surface area contributed by atoms with Crippen molar-refractivity contribution in [2.45, 2.75) is 13.5 Å². The van der Waals surface area contributed by atoms with Gasteiger partial charge in [-0.05, 0) is 25.1 Å². The molecule has 5 heteroatoms. The molecule has 19 heavy (non-hydrogen) atoms. The second-order valence-corrected chi connectivity index (χ2v) is 4.91. The molecule has 0 radical (unpaired) electrons. The number of carboxylic acid groups (broad SMARTS) is 1. The van der Waals surface area contributed by atoms with E-state index < -0.39 is 5.97 Å². The van der Waals surface area contributed by atoms with Gasteiger partial charge in [-0.15, -0.1) is 11.3 Å². The lowest BCUT2D eigenvalue weighted by Crippen LogP contribution is -1.97. The summed E-state index contributed by atoms with van der Waals surface area (Å²) in [6.07, 6.45) is 4.36. The maximum atomic E-state index is 10.6. The van der Waals surface area contributed by atoms with Gasteiger partial charge in [0.15, 0.2) is 0 Å². The molecule has 4 nitrogen and oxygen atoms in total. The molecule has 0 aliphatic heterocycles. The van der Waals surface area contributed by atoms with Gasteiger partial charge < -0.3 is 9.84 Å². The predicted molar refractivity (Wildman–Crippen MR) is 74.3 cm³/mol. The van der Waals surface area contributed by atoms with E-state index in [1.165, 1.54) is 17.4 Å². The molecule has 0 aliphatic rings. The summed E-state index contributed by atoms with van der Waals surface area (Å²) >= 11 is 1.52. The number of hydrogen-bond donors (Lipinski definition) is 1. The fourth-order valence-electron chi connectivity index (χ4n) is 1.55. The number of aryl methyl sites for hydroxylation is 1. The highest BCUT2D eigenvalue weighted by atomic mass is 32.1. The van der Waals surface area contributed by atoms with Gasteiger partial charge >= 0.3 is 5.97 Å². The van der Waals surface area contributed by atoms with Crippen molar-refractivity contribution in [3.8, 4) is 5.75 Å². The molecule has 0 fully saturated rings. The van der Waals surface area contributed by atoms with Crippen LogP contribution >= 0.6 is 11.3 Å². The fourth-order valence-corrected chi connectivity index (χ4v) is 2.08. The Morgan fingerprint density at radius 2 is 2.37 bits per heavy atom. The molecule has 0 spiro atoms. The molecule has 1 heterocycles. The van der Waals surface area contributed by atoms with Crippen molar-refractivity contribution in [2.24, 2.45) is 0 Å². The van der Waals surface area contributed by atoms with Crippen LogP contribution in [0.2, 0.25) is 0 Å². The van der Waals surface area contributed by atoms with Crippen LogP contribution in [-0.4, -0.2) is 16.1 Å². The molecule has 0 unspecified atom stereocenters. The first kappa shape index (κ1) is 13.3. The van der Waals surface area contributed by atoms with E-state index >= 15 is 0 Å². The van der Waals surface area contributed by atoms with Crippen molar-refractivity contribution in [1.29, 1.82) is 0 Å². The van der Waals surface area contributed by atoms with Crippen molar-refractivity contribution in [3.63, 3.8) is 0 Å². The van der Waals surface area contributed by atoms with Gasteiger partial charge in [-0.25, -0.2) is 9.78 Å². The summed E-state index contributed by atoms with van der Waals surface area (Å²) in [5, 5.41) is 11.5. The molecule has 0 bridgehead atoms. The first-order valence-corrected chi connectivity index (χ1v) is 6.56. The molecule has 0 atom stereocenters. The van der Waals surface area contributed by atoms with Crippen molar-refractivity contribution < 1.29 is 14.6 Å². The van der Waals surface area contributed by atoms with Gasteiger partial charge in [0, 0.05) is 23.2 Å². The number of rotatable bonds is 5. The highest BCUT2D eigenvalue weighted by Gasteiger charge is 2.04. The van der Waals surface area contributed by atoms with Crippen molar-refractivity contribution >= 4 is 23.4 Å². The van der Waals surface area contributed by atoms with Gasteiger partial charge in [-0.2, -0.15) is 0 Å². The van der Waals surface area contributed by atoms with Crippen LogP contribution in [0.15, 0.2) is 35.9 Å². The molecule has 98 valence electrons. The van der Waals surface area contributed by atoms with Crippen LogP contribution in [0.25, 0.3) is 6.08 Å². The normalized spacial score (nSPS) is 10.8. The highest BCUT2D eigenvalue weighted by Crippen LogP contribution is 2.23. The third-order valence-corrected chi connectivity index (χ3v) is 3.16. The smallest absolute Gasteiger partial charge is 0.328 e. The van der Waals surface area contributed by atoms with Crippen LogP contribution in [0, 0.1) is 6.92 Å². The van der Waals surface area contributed by atoms with E-state index in [4.69, 9.17) is 9.84 Å². The molecular weight excluding hydrogens is 262 g/mol. The molecule has 1 aromatic heterocycles. The fraction of sp³-hybridized carbons (Fsp3) is 0.143. The standard InChI is InChI=1S/C14H13NO3S/c1-10-2-4-12(11(8-10)3-5-14(16)17)18-9-13-15-6-7-19-13/h2-8H,9H2,1H3,(H,16,17). The number of carbonyl (C=O) groups is 1. The van der Waals surface area contributed by atoms with Crippen LogP contribution in [0.3, 0.4) is 0 Å². The first-order chi connectivity index (χ1) is 9.15. The zero-order valence-electron chi connectivity index (χ0n) is 10.4. The Bertz CT molecular complexity index is 591. The van der Waals surface area contributed by atoms with Crippen LogP contribution < -0.4 is 4.74 Å². The second kappa shape index (κ2) is 6.15. The molecule has 1 N–H and O–H groups in total. The number of carboxylic acids is 1. The third-order valence-electron chi connectivity index (χ3n) is 2.41. The summed E-state index contributed by atoms with van der Waals surface area (Å²) < 4.78 is 5.67. The highest BCUT2D eigenvalue weighted by molar-refractivity contribution is 7.09.